The Bertz CT molecular complexity index is 672. The number of nitrogens with one attached hydrogen (secondary N) is 2. The molecule has 122 valence electrons. The first-order chi connectivity index (χ1) is 11.1. The number of anilines is 1. The van der Waals surface area contributed by atoms with Crippen molar-refractivity contribution in [3.05, 3.63) is 58.3 Å². The molecule has 0 spiro atoms. The summed E-state index contributed by atoms with van der Waals surface area (Å²) in [6, 6.07) is 11.7. The molecule has 0 bridgehead atoms. The summed E-state index contributed by atoms with van der Waals surface area (Å²) in [5.74, 6) is 0.00556. The molecule has 0 aliphatic heterocycles. The molecule has 0 radical (unpaired) electrons. The Kier molecular flexibility index (Phi) is 7.17. The highest BCUT2D eigenvalue weighted by Gasteiger charge is 2.16. The number of benzene rings is 1. The summed E-state index contributed by atoms with van der Waals surface area (Å²) in [7, 11) is 0. The van der Waals surface area contributed by atoms with Crippen LogP contribution in [-0.4, -0.2) is 25.3 Å². The second-order valence-corrected chi connectivity index (χ2v) is 7.70. The topological polar surface area (TPSA) is 33.5 Å². The fraction of sp³-hybridized carbons (Fsp3) is 0.235. The van der Waals surface area contributed by atoms with E-state index in [4.69, 9.17) is 11.6 Å². The molecule has 1 atom stereocenters. The first-order valence-electron chi connectivity index (χ1n) is 7.24. The molecule has 2 N–H and O–H groups in total. The summed E-state index contributed by atoms with van der Waals surface area (Å²) in [4.78, 5) is 15.7. The first kappa shape index (κ1) is 18.1. The molecule has 6 heteroatoms. The normalized spacial score (nSPS) is 11.9. The van der Waals surface area contributed by atoms with Crippen LogP contribution in [0.2, 0.25) is 4.34 Å². The molecule has 1 amide bonds. The highest BCUT2D eigenvalue weighted by molar-refractivity contribution is 7.98. The maximum atomic E-state index is 12.4. The van der Waals surface area contributed by atoms with E-state index in [0.717, 1.165) is 32.9 Å². The lowest BCUT2D eigenvalue weighted by atomic mass is 10.3. The average Bonchev–Trinajstić information content (AvgIpc) is 2.93. The van der Waals surface area contributed by atoms with Gasteiger partial charge in [0.05, 0.1) is 21.4 Å². The van der Waals surface area contributed by atoms with Crippen LogP contribution in [0.15, 0.2) is 53.9 Å². The van der Waals surface area contributed by atoms with Crippen molar-refractivity contribution in [1.82, 2.24) is 0 Å². The Morgan fingerprint density at radius 1 is 1.39 bits per heavy atom. The molecule has 0 fully saturated rings. The van der Waals surface area contributed by atoms with E-state index in [-0.39, 0.29) is 5.91 Å². The van der Waals surface area contributed by atoms with Crippen LogP contribution in [0.1, 0.15) is 4.88 Å². The Morgan fingerprint density at radius 3 is 2.83 bits per heavy atom. The molecule has 1 heterocycles. The molecule has 23 heavy (non-hydrogen) atoms. The third-order valence-electron chi connectivity index (χ3n) is 3.28. The lowest BCUT2D eigenvalue weighted by Crippen LogP contribution is -3.11. The summed E-state index contributed by atoms with van der Waals surface area (Å²) >= 11 is 9.15. The number of halogens is 1. The van der Waals surface area contributed by atoms with E-state index in [1.54, 1.807) is 23.1 Å². The van der Waals surface area contributed by atoms with Gasteiger partial charge >= 0.3 is 0 Å². The van der Waals surface area contributed by atoms with E-state index < -0.39 is 0 Å². The number of rotatable bonds is 8. The van der Waals surface area contributed by atoms with Gasteiger partial charge in [-0.2, -0.15) is 0 Å². The second kappa shape index (κ2) is 9.13. The van der Waals surface area contributed by atoms with Gasteiger partial charge in [0.15, 0.2) is 6.54 Å². The number of carbonyl (C=O) groups is 1. The van der Waals surface area contributed by atoms with Crippen LogP contribution in [0.25, 0.3) is 0 Å². The Morgan fingerprint density at radius 2 is 2.17 bits per heavy atom. The van der Waals surface area contributed by atoms with Gasteiger partial charge in [-0.3, -0.25) is 4.79 Å². The quantitative estimate of drug-likeness (QED) is 0.554. The second-order valence-electron chi connectivity index (χ2n) is 5.05. The van der Waals surface area contributed by atoms with Crippen molar-refractivity contribution in [3.63, 3.8) is 0 Å². The number of hydrogen-bond acceptors (Lipinski definition) is 3. The molecular formula is C17H20ClN2OS2+. The fourth-order valence-corrected chi connectivity index (χ4v) is 3.99. The van der Waals surface area contributed by atoms with Gasteiger partial charge in [0, 0.05) is 4.90 Å². The highest BCUT2D eigenvalue weighted by Crippen LogP contribution is 2.24. The van der Waals surface area contributed by atoms with E-state index >= 15 is 0 Å². The zero-order valence-corrected chi connectivity index (χ0v) is 15.4. The number of carbonyl (C=O) groups excluding carboxylic acids is 1. The molecule has 0 saturated heterocycles. The minimum absolute atomic E-state index is 0.00556. The lowest BCUT2D eigenvalue weighted by molar-refractivity contribution is -0.899. The number of para-hydroxylation sites is 1. The smallest absolute Gasteiger partial charge is 0.279 e. The van der Waals surface area contributed by atoms with Crippen LogP contribution < -0.4 is 10.2 Å². The van der Waals surface area contributed by atoms with Crippen molar-refractivity contribution in [3.8, 4) is 0 Å². The average molecular weight is 368 g/mol. The minimum atomic E-state index is 0.00556. The Balaban J connectivity index is 1.98. The van der Waals surface area contributed by atoms with Crippen LogP contribution in [-0.2, 0) is 11.3 Å². The van der Waals surface area contributed by atoms with Gasteiger partial charge in [-0.05, 0) is 36.6 Å². The molecule has 0 aliphatic rings. The molecular weight excluding hydrogens is 348 g/mol. The van der Waals surface area contributed by atoms with Crippen LogP contribution in [0.3, 0.4) is 0 Å². The monoisotopic (exact) mass is 367 g/mol. The maximum Gasteiger partial charge on any atom is 0.279 e. The van der Waals surface area contributed by atoms with Crippen molar-refractivity contribution >= 4 is 46.3 Å². The molecule has 2 aromatic rings. The SMILES string of the molecule is C=CC[NH+](CC(=O)Nc1ccccc1SC)Cc1ccc(Cl)s1. The largest absolute Gasteiger partial charge is 0.320 e. The predicted octanol–water partition coefficient (Wildman–Crippen LogP) is 3.33. The molecule has 0 saturated carbocycles. The highest BCUT2D eigenvalue weighted by atomic mass is 35.5. The predicted molar refractivity (Wildman–Crippen MR) is 101 cm³/mol. The van der Waals surface area contributed by atoms with Gasteiger partial charge < -0.3 is 10.2 Å². The molecule has 1 aromatic heterocycles. The third kappa shape index (κ3) is 5.70. The molecule has 3 nitrogen and oxygen atoms in total. The van der Waals surface area contributed by atoms with Crippen LogP contribution in [0.5, 0.6) is 0 Å². The maximum absolute atomic E-state index is 12.4. The van der Waals surface area contributed by atoms with Crippen LogP contribution >= 0.6 is 34.7 Å². The summed E-state index contributed by atoms with van der Waals surface area (Å²) in [5, 5.41) is 3.00. The summed E-state index contributed by atoms with van der Waals surface area (Å²) in [6.07, 6.45) is 3.84. The number of thioether (sulfide) groups is 1. The van der Waals surface area contributed by atoms with Gasteiger partial charge in [0.25, 0.3) is 5.91 Å². The molecule has 2 rings (SSSR count). The van der Waals surface area contributed by atoms with Crippen LogP contribution in [0, 0.1) is 0 Å². The van der Waals surface area contributed by atoms with E-state index in [9.17, 15) is 4.79 Å². The van der Waals surface area contributed by atoms with Crippen molar-refractivity contribution in [2.75, 3.05) is 24.7 Å². The van der Waals surface area contributed by atoms with Gasteiger partial charge in [0.2, 0.25) is 0 Å². The number of amides is 1. The van der Waals surface area contributed by atoms with Crippen LogP contribution in [0.4, 0.5) is 5.69 Å². The fourth-order valence-electron chi connectivity index (χ4n) is 2.27. The van der Waals surface area contributed by atoms with E-state index in [1.807, 2.05) is 48.7 Å². The zero-order chi connectivity index (χ0) is 16.7. The van der Waals surface area contributed by atoms with Crippen molar-refractivity contribution in [2.24, 2.45) is 0 Å². The van der Waals surface area contributed by atoms with E-state index in [1.165, 1.54) is 4.88 Å². The first-order valence-corrected chi connectivity index (χ1v) is 9.66. The lowest BCUT2D eigenvalue weighted by Gasteiger charge is -2.17. The summed E-state index contributed by atoms with van der Waals surface area (Å²) in [6.45, 7) is 5.67. The minimum Gasteiger partial charge on any atom is -0.320 e. The number of quaternary nitrogens is 1. The number of thiophene rings is 1. The number of hydrogen-bond donors (Lipinski definition) is 2. The van der Waals surface area contributed by atoms with Gasteiger partial charge in [-0.15, -0.1) is 23.1 Å². The molecule has 1 aromatic carbocycles. The van der Waals surface area contributed by atoms with Crippen molar-refractivity contribution in [1.29, 1.82) is 0 Å². The molecule has 1 unspecified atom stereocenters. The Hall–Kier alpha value is -1.27. The van der Waals surface area contributed by atoms with E-state index in [0.29, 0.717) is 6.54 Å². The zero-order valence-electron chi connectivity index (χ0n) is 13.0. The third-order valence-corrected chi connectivity index (χ3v) is 5.30. The van der Waals surface area contributed by atoms with E-state index in [2.05, 4.69) is 11.9 Å². The van der Waals surface area contributed by atoms with Gasteiger partial charge in [-0.1, -0.05) is 30.3 Å². The summed E-state index contributed by atoms with van der Waals surface area (Å²) in [5.41, 5.74) is 0.863. The van der Waals surface area contributed by atoms with Crippen molar-refractivity contribution < 1.29 is 9.69 Å². The van der Waals surface area contributed by atoms with Crippen molar-refractivity contribution in [2.45, 2.75) is 11.4 Å². The molecule has 0 aliphatic carbocycles. The van der Waals surface area contributed by atoms with Gasteiger partial charge in [-0.25, -0.2) is 0 Å². The Labute approximate surface area is 150 Å². The van der Waals surface area contributed by atoms with Gasteiger partial charge in [0.1, 0.15) is 6.54 Å². The standard InChI is InChI=1S/C17H19ClN2OS2/c1-3-10-20(11-13-8-9-16(18)23-13)12-17(21)19-14-6-4-5-7-15(14)22-2/h3-9H,1,10-12H2,2H3,(H,19,21)/p+1. The summed E-state index contributed by atoms with van der Waals surface area (Å²) < 4.78 is 0.774.